The van der Waals surface area contributed by atoms with Gasteiger partial charge in [0, 0.05) is 45.8 Å². The first-order valence-corrected chi connectivity index (χ1v) is 11.1. The van der Waals surface area contributed by atoms with E-state index in [-0.39, 0.29) is 11.8 Å². The van der Waals surface area contributed by atoms with Crippen molar-refractivity contribution in [2.75, 3.05) is 10.6 Å². The number of fused-ring (bicyclic) bond motifs is 1. The zero-order valence-corrected chi connectivity index (χ0v) is 18.8. The number of H-pyrrole nitrogens is 1. The molecule has 170 valence electrons. The summed E-state index contributed by atoms with van der Waals surface area (Å²) in [6.07, 6.45) is 4.96. The number of carbonyl (C=O) groups excluding carboxylic acids is 2. The first-order valence-electron chi connectivity index (χ1n) is 11.1. The van der Waals surface area contributed by atoms with Crippen LogP contribution in [0.1, 0.15) is 10.4 Å². The molecule has 0 radical (unpaired) electrons. The lowest BCUT2D eigenvalue weighted by atomic mass is 10.0. The molecule has 6 heteroatoms. The Morgan fingerprint density at radius 2 is 1.57 bits per heavy atom. The highest BCUT2D eigenvalue weighted by atomic mass is 16.2. The summed E-state index contributed by atoms with van der Waals surface area (Å²) in [7, 11) is 0. The molecule has 0 spiro atoms. The van der Waals surface area contributed by atoms with Crippen molar-refractivity contribution in [2.24, 2.45) is 0 Å². The van der Waals surface area contributed by atoms with Gasteiger partial charge in [-0.1, -0.05) is 49.0 Å². The molecular formula is C29H22N4O2. The van der Waals surface area contributed by atoms with Crippen LogP contribution in [0.25, 0.3) is 33.3 Å². The normalized spacial score (nSPS) is 10.6. The quantitative estimate of drug-likeness (QED) is 0.262. The highest BCUT2D eigenvalue weighted by Crippen LogP contribution is 2.32. The minimum Gasteiger partial charge on any atom is -0.346 e. The molecule has 0 unspecified atom stereocenters. The van der Waals surface area contributed by atoms with Gasteiger partial charge in [0.25, 0.3) is 5.91 Å². The van der Waals surface area contributed by atoms with Crippen molar-refractivity contribution in [2.45, 2.75) is 0 Å². The number of rotatable bonds is 6. The fraction of sp³-hybridized carbons (Fsp3) is 0. The predicted octanol–water partition coefficient (Wildman–Crippen LogP) is 6.27. The van der Waals surface area contributed by atoms with E-state index in [1.807, 2.05) is 85.1 Å². The van der Waals surface area contributed by atoms with Crippen LogP contribution in [-0.2, 0) is 4.79 Å². The Hall–Kier alpha value is -4.97. The first kappa shape index (κ1) is 21.9. The molecule has 5 aromatic rings. The number of amides is 2. The number of carbonyl (C=O) groups is 2. The summed E-state index contributed by atoms with van der Waals surface area (Å²) in [4.78, 5) is 32.0. The Bertz CT molecular complexity index is 1540. The molecule has 0 saturated heterocycles. The molecule has 0 bridgehead atoms. The van der Waals surface area contributed by atoms with Gasteiger partial charge in [0.2, 0.25) is 5.91 Å². The maximum atomic E-state index is 12.6. The molecule has 3 N–H and O–H groups in total. The van der Waals surface area contributed by atoms with Crippen LogP contribution in [0.15, 0.2) is 110 Å². The molecule has 0 fully saturated rings. The third-order valence-electron chi connectivity index (χ3n) is 5.67. The number of aromatic nitrogens is 2. The lowest BCUT2D eigenvalue weighted by Crippen LogP contribution is -2.11. The maximum absolute atomic E-state index is 12.6. The smallest absolute Gasteiger partial charge is 0.255 e. The van der Waals surface area contributed by atoms with Crippen LogP contribution in [0.2, 0.25) is 0 Å². The number of nitrogens with zero attached hydrogens (tertiary/aromatic N) is 1. The third kappa shape index (κ3) is 4.72. The number of anilines is 2. The Labute approximate surface area is 202 Å². The van der Waals surface area contributed by atoms with Crippen LogP contribution in [0.5, 0.6) is 0 Å². The minimum atomic E-state index is -0.260. The van der Waals surface area contributed by atoms with Gasteiger partial charge in [-0.15, -0.1) is 0 Å². The zero-order valence-electron chi connectivity index (χ0n) is 18.8. The maximum Gasteiger partial charge on any atom is 0.255 e. The summed E-state index contributed by atoms with van der Waals surface area (Å²) in [5.74, 6) is -0.418. The number of aromatic amines is 1. The molecule has 2 amide bonds. The zero-order chi connectivity index (χ0) is 24.2. The topological polar surface area (TPSA) is 86.9 Å². The SMILES string of the molecule is C=CC(=O)Nc1cccc(-c2cnc3[nH]cc(-c4ccc(C(=O)Nc5ccccc5)cc4)c3c2)c1. The molecule has 0 aliphatic rings. The van der Waals surface area contributed by atoms with Gasteiger partial charge in [-0.25, -0.2) is 4.98 Å². The third-order valence-corrected chi connectivity index (χ3v) is 5.67. The fourth-order valence-corrected chi connectivity index (χ4v) is 3.90. The van der Waals surface area contributed by atoms with E-state index in [1.54, 1.807) is 6.20 Å². The van der Waals surface area contributed by atoms with Crippen LogP contribution in [-0.4, -0.2) is 21.8 Å². The van der Waals surface area contributed by atoms with Crippen molar-refractivity contribution in [3.05, 3.63) is 116 Å². The van der Waals surface area contributed by atoms with Crippen LogP contribution < -0.4 is 10.6 Å². The van der Waals surface area contributed by atoms with Crippen LogP contribution in [0, 0.1) is 0 Å². The molecule has 35 heavy (non-hydrogen) atoms. The lowest BCUT2D eigenvalue weighted by Gasteiger charge is -2.08. The molecule has 0 saturated carbocycles. The number of para-hydroxylation sites is 1. The average Bonchev–Trinajstić information content (AvgIpc) is 3.33. The molecule has 2 heterocycles. The van der Waals surface area contributed by atoms with Crippen molar-refractivity contribution in [3.8, 4) is 22.3 Å². The first-order chi connectivity index (χ1) is 17.1. The van der Waals surface area contributed by atoms with Crippen LogP contribution >= 0.6 is 0 Å². The Morgan fingerprint density at radius 1 is 0.800 bits per heavy atom. The molecular weight excluding hydrogens is 436 g/mol. The molecule has 5 rings (SSSR count). The summed E-state index contributed by atoms with van der Waals surface area (Å²) < 4.78 is 0. The second-order valence-electron chi connectivity index (χ2n) is 7.99. The molecule has 0 atom stereocenters. The molecule has 2 aromatic heterocycles. The van der Waals surface area contributed by atoms with Crippen molar-refractivity contribution in [3.63, 3.8) is 0 Å². The largest absolute Gasteiger partial charge is 0.346 e. The number of hydrogen-bond donors (Lipinski definition) is 3. The highest BCUT2D eigenvalue weighted by Gasteiger charge is 2.12. The summed E-state index contributed by atoms with van der Waals surface area (Å²) >= 11 is 0. The molecule has 6 nitrogen and oxygen atoms in total. The lowest BCUT2D eigenvalue weighted by molar-refractivity contribution is -0.111. The van der Waals surface area contributed by atoms with Crippen molar-refractivity contribution in [1.82, 2.24) is 9.97 Å². The van der Waals surface area contributed by atoms with Gasteiger partial charge >= 0.3 is 0 Å². The number of nitrogens with one attached hydrogen (secondary N) is 3. The van der Waals surface area contributed by atoms with E-state index in [9.17, 15) is 9.59 Å². The van der Waals surface area contributed by atoms with E-state index in [0.717, 1.165) is 39.0 Å². The number of pyridine rings is 1. The molecule has 0 aliphatic heterocycles. The van der Waals surface area contributed by atoms with Gasteiger partial charge in [0.15, 0.2) is 0 Å². The predicted molar refractivity (Wildman–Crippen MR) is 140 cm³/mol. The van der Waals surface area contributed by atoms with Gasteiger partial charge in [-0.2, -0.15) is 0 Å². The summed E-state index contributed by atoms with van der Waals surface area (Å²) in [5, 5.41) is 6.65. The van der Waals surface area contributed by atoms with Gasteiger partial charge in [0.1, 0.15) is 5.65 Å². The summed E-state index contributed by atoms with van der Waals surface area (Å²) in [5.41, 5.74) is 6.60. The molecule has 3 aromatic carbocycles. The van der Waals surface area contributed by atoms with E-state index >= 15 is 0 Å². The summed E-state index contributed by atoms with van der Waals surface area (Å²) in [6.45, 7) is 3.49. The second kappa shape index (κ2) is 9.49. The van der Waals surface area contributed by atoms with E-state index in [1.165, 1.54) is 6.08 Å². The molecule has 0 aliphatic carbocycles. The fourth-order valence-electron chi connectivity index (χ4n) is 3.90. The Morgan fingerprint density at radius 3 is 2.34 bits per heavy atom. The Balaban J connectivity index is 1.42. The van der Waals surface area contributed by atoms with Gasteiger partial charge in [0.05, 0.1) is 0 Å². The highest BCUT2D eigenvalue weighted by molar-refractivity contribution is 6.05. The number of benzene rings is 3. The van der Waals surface area contributed by atoms with Gasteiger partial charge in [-0.05, 0) is 59.7 Å². The van der Waals surface area contributed by atoms with Gasteiger partial charge in [-0.3, -0.25) is 9.59 Å². The van der Waals surface area contributed by atoms with E-state index < -0.39 is 0 Å². The van der Waals surface area contributed by atoms with Crippen molar-refractivity contribution in [1.29, 1.82) is 0 Å². The van der Waals surface area contributed by atoms with Crippen LogP contribution in [0.3, 0.4) is 0 Å². The monoisotopic (exact) mass is 458 g/mol. The summed E-state index contributed by atoms with van der Waals surface area (Å²) in [6, 6.07) is 26.5. The standard InChI is InChI=1S/C29H22N4O2/c1-2-27(34)32-24-10-6-7-21(15-24)22-16-25-26(18-31-28(25)30-17-22)19-11-13-20(14-12-19)29(35)33-23-8-4-3-5-9-23/h2-18H,1H2,(H,30,31)(H,32,34)(H,33,35). The van der Waals surface area contributed by atoms with E-state index in [2.05, 4.69) is 33.2 Å². The van der Waals surface area contributed by atoms with E-state index in [4.69, 9.17) is 0 Å². The van der Waals surface area contributed by atoms with Gasteiger partial charge < -0.3 is 15.6 Å². The van der Waals surface area contributed by atoms with Crippen molar-refractivity contribution >= 4 is 34.2 Å². The van der Waals surface area contributed by atoms with E-state index in [0.29, 0.717) is 11.3 Å². The second-order valence-corrected chi connectivity index (χ2v) is 7.99. The van der Waals surface area contributed by atoms with Crippen LogP contribution in [0.4, 0.5) is 11.4 Å². The Kier molecular flexibility index (Phi) is 5.92. The number of hydrogen-bond acceptors (Lipinski definition) is 3. The average molecular weight is 459 g/mol. The van der Waals surface area contributed by atoms with Crippen molar-refractivity contribution < 1.29 is 9.59 Å². The minimum absolute atomic E-state index is 0.158.